The van der Waals surface area contributed by atoms with Crippen LogP contribution in [-0.2, 0) is 16.4 Å². The normalized spacial score (nSPS) is 19.0. The van der Waals surface area contributed by atoms with Gasteiger partial charge in [0.15, 0.2) is 5.03 Å². The number of rotatable bonds is 3. The van der Waals surface area contributed by atoms with Crippen molar-refractivity contribution >= 4 is 10.0 Å². The number of sulfonamides is 1. The van der Waals surface area contributed by atoms with Gasteiger partial charge in [-0.25, -0.2) is 8.42 Å². The van der Waals surface area contributed by atoms with Crippen molar-refractivity contribution in [2.24, 2.45) is 0 Å². The number of nitrogens with one attached hydrogen (secondary N) is 1. The molecule has 1 aliphatic rings. The molecule has 0 radical (unpaired) electrons. The van der Waals surface area contributed by atoms with Crippen LogP contribution in [0.15, 0.2) is 41.6 Å². The summed E-state index contributed by atoms with van der Waals surface area (Å²) in [6, 6.07) is 9.46. The second-order valence-electron chi connectivity index (χ2n) is 5.05. The van der Waals surface area contributed by atoms with Crippen LogP contribution in [0, 0.1) is 0 Å². The van der Waals surface area contributed by atoms with Crippen LogP contribution in [0.1, 0.15) is 30.0 Å². The first kappa shape index (κ1) is 13.3. The van der Waals surface area contributed by atoms with Crippen LogP contribution in [-0.4, -0.2) is 30.0 Å². The SMILES string of the molecule is CN(C1CCCc2ccccc21)S(=O)(=O)c1ccn[nH]1. The highest BCUT2D eigenvalue weighted by atomic mass is 32.2. The lowest BCUT2D eigenvalue weighted by atomic mass is 9.88. The molecule has 1 heterocycles. The quantitative estimate of drug-likeness (QED) is 0.942. The lowest BCUT2D eigenvalue weighted by Gasteiger charge is -2.32. The van der Waals surface area contributed by atoms with Crippen LogP contribution >= 0.6 is 0 Å². The lowest BCUT2D eigenvalue weighted by molar-refractivity contribution is 0.336. The Balaban J connectivity index is 1.99. The number of benzene rings is 1. The fourth-order valence-corrected chi connectivity index (χ4v) is 4.08. The van der Waals surface area contributed by atoms with Gasteiger partial charge in [-0.3, -0.25) is 5.10 Å². The third-order valence-corrected chi connectivity index (χ3v) is 5.70. The number of hydrogen-bond donors (Lipinski definition) is 1. The summed E-state index contributed by atoms with van der Waals surface area (Å²) >= 11 is 0. The monoisotopic (exact) mass is 291 g/mol. The summed E-state index contributed by atoms with van der Waals surface area (Å²) in [6.07, 6.45) is 4.32. The first-order chi connectivity index (χ1) is 9.60. The molecule has 1 aromatic heterocycles. The Morgan fingerprint density at radius 1 is 1.30 bits per heavy atom. The predicted octanol–water partition coefficient (Wildman–Crippen LogP) is 2.11. The van der Waals surface area contributed by atoms with Gasteiger partial charge in [0.2, 0.25) is 0 Å². The zero-order valence-electron chi connectivity index (χ0n) is 11.3. The number of H-pyrrole nitrogens is 1. The van der Waals surface area contributed by atoms with Crippen LogP contribution in [0.3, 0.4) is 0 Å². The van der Waals surface area contributed by atoms with Crippen molar-refractivity contribution in [3.63, 3.8) is 0 Å². The van der Waals surface area contributed by atoms with Crippen molar-refractivity contribution < 1.29 is 8.42 Å². The highest BCUT2D eigenvalue weighted by Gasteiger charge is 2.32. The molecule has 0 bridgehead atoms. The summed E-state index contributed by atoms with van der Waals surface area (Å²) in [6.45, 7) is 0. The highest BCUT2D eigenvalue weighted by molar-refractivity contribution is 7.89. The molecule has 3 rings (SSSR count). The smallest absolute Gasteiger partial charge is 0.260 e. The van der Waals surface area contributed by atoms with Crippen LogP contribution in [0.2, 0.25) is 0 Å². The molecule has 1 unspecified atom stereocenters. The van der Waals surface area contributed by atoms with Crippen LogP contribution < -0.4 is 0 Å². The molecule has 1 N–H and O–H groups in total. The van der Waals surface area contributed by atoms with E-state index >= 15 is 0 Å². The molecular formula is C14H17N3O2S. The molecule has 1 atom stereocenters. The molecule has 1 aromatic carbocycles. The van der Waals surface area contributed by atoms with Crippen LogP contribution in [0.4, 0.5) is 0 Å². The molecule has 0 aliphatic heterocycles. The van der Waals surface area contributed by atoms with Crippen LogP contribution in [0.5, 0.6) is 0 Å². The zero-order chi connectivity index (χ0) is 14.2. The molecule has 0 saturated heterocycles. The second kappa shape index (κ2) is 5.03. The first-order valence-corrected chi connectivity index (χ1v) is 8.10. The fourth-order valence-electron chi connectivity index (χ4n) is 2.82. The Kier molecular flexibility index (Phi) is 3.35. The third-order valence-electron chi connectivity index (χ3n) is 3.91. The van der Waals surface area contributed by atoms with Gasteiger partial charge in [-0.1, -0.05) is 24.3 Å². The van der Waals surface area contributed by atoms with Gasteiger partial charge < -0.3 is 0 Å². The zero-order valence-corrected chi connectivity index (χ0v) is 12.1. The highest BCUT2D eigenvalue weighted by Crippen LogP contribution is 2.35. The third kappa shape index (κ3) is 2.14. The Morgan fingerprint density at radius 3 is 2.85 bits per heavy atom. The summed E-state index contributed by atoms with van der Waals surface area (Å²) in [7, 11) is -1.88. The summed E-state index contributed by atoms with van der Waals surface area (Å²) in [5, 5.41) is 6.41. The molecule has 0 amide bonds. The second-order valence-corrected chi connectivity index (χ2v) is 7.01. The van der Waals surface area contributed by atoms with E-state index in [1.807, 2.05) is 18.2 Å². The van der Waals surface area contributed by atoms with Crippen molar-refractivity contribution in [2.45, 2.75) is 30.3 Å². The summed E-state index contributed by atoms with van der Waals surface area (Å²) in [5.74, 6) is 0. The van der Waals surface area contributed by atoms with Gasteiger partial charge in [0, 0.05) is 7.05 Å². The molecule has 2 aromatic rings. The standard InChI is InChI=1S/C14H17N3O2S/c1-17(20(18,19)14-9-10-15-16-14)13-8-4-6-11-5-2-3-7-12(11)13/h2-3,5,7,9-10,13H,4,6,8H2,1H3,(H,15,16). The van der Waals surface area contributed by atoms with Crippen molar-refractivity contribution in [2.75, 3.05) is 7.05 Å². The Morgan fingerprint density at radius 2 is 2.10 bits per heavy atom. The van der Waals surface area contributed by atoms with Gasteiger partial charge >= 0.3 is 0 Å². The molecule has 0 saturated carbocycles. The van der Waals surface area contributed by atoms with E-state index in [1.54, 1.807) is 7.05 Å². The molecule has 5 nitrogen and oxygen atoms in total. The number of aromatic amines is 1. The first-order valence-electron chi connectivity index (χ1n) is 6.66. The van der Waals surface area contributed by atoms with E-state index in [-0.39, 0.29) is 11.1 Å². The number of hydrogen-bond acceptors (Lipinski definition) is 3. The minimum Gasteiger partial charge on any atom is -0.266 e. The van der Waals surface area contributed by atoms with Crippen LogP contribution in [0.25, 0.3) is 0 Å². The largest absolute Gasteiger partial charge is 0.266 e. The molecule has 6 heteroatoms. The number of nitrogens with zero attached hydrogens (tertiary/aromatic N) is 2. The molecule has 0 fully saturated rings. The van der Waals surface area contributed by atoms with Gasteiger partial charge in [0.1, 0.15) is 0 Å². The predicted molar refractivity (Wildman–Crippen MR) is 75.7 cm³/mol. The van der Waals surface area contributed by atoms with E-state index in [2.05, 4.69) is 16.3 Å². The molecule has 20 heavy (non-hydrogen) atoms. The van der Waals surface area contributed by atoms with Crippen molar-refractivity contribution in [3.8, 4) is 0 Å². The average molecular weight is 291 g/mol. The van der Waals surface area contributed by atoms with Gasteiger partial charge in [-0.2, -0.15) is 9.40 Å². The maximum atomic E-state index is 12.6. The van der Waals surface area contributed by atoms with E-state index < -0.39 is 10.0 Å². The number of aryl methyl sites for hydroxylation is 1. The molecule has 1 aliphatic carbocycles. The summed E-state index contributed by atoms with van der Waals surface area (Å²) < 4.78 is 26.6. The molecular weight excluding hydrogens is 274 g/mol. The average Bonchev–Trinajstić information content (AvgIpc) is 3.01. The topological polar surface area (TPSA) is 66.1 Å². The van der Waals surface area contributed by atoms with Gasteiger partial charge in [-0.15, -0.1) is 0 Å². The number of fused-ring (bicyclic) bond motifs is 1. The minimum absolute atomic E-state index is 0.103. The molecule has 0 spiro atoms. The van der Waals surface area contributed by atoms with E-state index in [9.17, 15) is 8.42 Å². The number of aromatic nitrogens is 2. The Bertz CT molecular complexity index is 695. The lowest BCUT2D eigenvalue weighted by Crippen LogP contribution is -2.33. The Labute approximate surface area is 118 Å². The maximum Gasteiger partial charge on any atom is 0.260 e. The van der Waals surface area contributed by atoms with E-state index in [0.29, 0.717) is 0 Å². The van der Waals surface area contributed by atoms with Gasteiger partial charge in [0.05, 0.1) is 12.2 Å². The Hall–Kier alpha value is -1.66. The maximum absolute atomic E-state index is 12.6. The summed E-state index contributed by atoms with van der Waals surface area (Å²) in [4.78, 5) is 0. The van der Waals surface area contributed by atoms with Crippen molar-refractivity contribution in [3.05, 3.63) is 47.7 Å². The fraction of sp³-hybridized carbons (Fsp3) is 0.357. The van der Waals surface area contributed by atoms with Gasteiger partial charge in [-0.05, 0) is 36.5 Å². The van der Waals surface area contributed by atoms with Crippen molar-refractivity contribution in [1.82, 2.24) is 14.5 Å². The van der Waals surface area contributed by atoms with E-state index in [4.69, 9.17) is 0 Å². The molecule has 106 valence electrons. The van der Waals surface area contributed by atoms with E-state index in [0.717, 1.165) is 24.8 Å². The van der Waals surface area contributed by atoms with Gasteiger partial charge in [0.25, 0.3) is 10.0 Å². The summed E-state index contributed by atoms with van der Waals surface area (Å²) in [5.41, 5.74) is 2.36. The minimum atomic E-state index is -3.52. The van der Waals surface area contributed by atoms with Crippen molar-refractivity contribution in [1.29, 1.82) is 0 Å². The van der Waals surface area contributed by atoms with E-state index in [1.165, 1.54) is 22.1 Å².